The second-order valence-electron chi connectivity index (χ2n) is 4.72. The van der Waals surface area contributed by atoms with Crippen molar-refractivity contribution in [3.63, 3.8) is 0 Å². The van der Waals surface area contributed by atoms with Crippen molar-refractivity contribution < 1.29 is 4.74 Å². The summed E-state index contributed by atoms with van der Waals surface area (Å²) in [6, 6.07) is 5.40. The minimum atomic E-state index is -0.308. The fourth-order valence-corrected chi connectivity index (χ4v) is 3.06. The molecular formula is C15H23Cl2NO. The molecule has 108 valence electrons. The third kappa shape index (κ3) is 3.85. The van der Waals surface area contributed by atoms with Crippen LogP contribution < -0.4 is 5.73 Å². The SMILES string of the molecule is CCOC(CC)(CC)C(N)Cc1c(Cl)cccc1Cl. The van der Waals surface area contributed by atoms with Gasteiger partial charge in [0.2, 0.25) is 0 Å². The standard InChI is InChI=1S/C15H23Cl2NO/c1-4-15(5-2,19-6-3)14(18)10-11-12(16)8-7-9-13(11)17/h7-9,14H,4-6,10,18H2,1-3H3. The van der Waals surface area contributed by atoms with E-state index in [0.29, 0.717) is 23.1 Å². The van der Waals surface area contributed by atoms with Gasteiger partial charge < -0.3 is 10.5 Å². The first kappa shape index (κ1) is 16.8. The molecule has 2 N–H and O–H groups in total. The van der Waals surface area contributed by atoms with Gasteiger partial charge in [-0.1, -0.05) is 43.1 Å². The highest BCUT2D eigenvalue weighted by Gasteiger charge is 2.34. The van der Waals surface area contributed by atoms with E-state index in [9.17, 15) is 0 Å². The van der Waals surface area contributed by atoms with Gasteiger partial charge in [-0.05, 0) is 43.9 Å². The number of hydrogen-bond donors (Lipinski definition) is 1. The maximum Gasteiger partial charge on any atom is 0.0830 e. The molecule has 0 saturated heterocycles. The van der Waals surface area contributed by atoms with E-state index in [4.69, 9.17) is 33.7 Å². The van der Waals surface area contributed by atoms with E-state index in [0.717, 1.165) is 18.4 Å². The van der Waals surface area contributed by atoms with Crippen LogP contribution >= 0.6 is 23.2 Å². The zero-order valence-corrected chi connectivity index (χ0v) is 13.4. The predicted molar refractivity (Wildman–Crippen MR) is 83.1 cm³/mol. The molecule has 0 amide bonds. The molecule has 0 aliphatic carbocycles. The topological polar surface area (TPSA) is 35.2 Å². The Morgan fingerprint density at radius 1 is 1.16 bits per heavy atom. The molecule has 1 atom stereocenters. The van der Waals surface area contributed by atoms with E-state index in [2.05, 4.69) is 13.8 Å². The van der Waals surface area contributed by atoms with Crippen LogP contribution in [0.15, 0.2) is 18.2 Å². The Balaban J connectivity index is 2.96. The zero-order valence-electron chi connectivity index (χ0n) is 11.9. The predicted octanol–water partition coefficient (Wildman–Crippen LogP) is 4.46. The summed E-state index contributed by atoms with van der Waals surface area (Å²) in [5, 5.41) is 1.33. The molecule has 19 heavy (non-hydrogen) atoms. The number of ether oxygens (including phenoxy) is 1. The van der Waals surface area contributed by atoms with Gasteiger partial charge in [0.05, 0.1) is 5.60 Å². The molecule has 2 nitrogen and oxygen atoms in total. The summed E-state index contributed by atoms with van der Waals surface area (Å²) >= 11 is 12.4. The highest BCUT2D eigenvalue weighted by molar-refractivity contribution is 6.36. The summed E-state index contributed by atoms with van der Waals surface area (Å²) in [5.74, 6) is 0. The smallest absolute Gasteiger partial charge is 0.0830 e. The van der Waals surface area contributed by atoms with E-state index in [1.54, 1.807) is 0 Å². The van der Waals surface area contributed by atoms with E-state index in [1.165, 1.54) is 0 Å². The Morgan fingerprint density at radius 2 is 1.68 bits per heavy atom. The first-order valence-electron chi connectivity index (χ1n) is 6.83. The van der Waals surface area contributed by atoms with Crippen LogP contribution in [0.2, 0.25) is 10.0 Å². The quantitative estimate of drug-likeness (QED) is 0.807. The molecule has 1 rings (SSSR count). The molecule has 1 aromatic rings. The van der Waals surface area contributed by atoms with Crippen molar-refractivity contribution in [3.05, 3.63) is 33.8 Å². The molecule has 0 aliphatic heterocycles. The molecule has 4 heteroatoms. The van der Waals surface area contributed by atoms with Crippen LogP contribution in [0.3, 0.4) is 0 Å². The molecule has 0 heterocycles. The number of hydrogen-bond acceptors (Lipinski definition) is 2. The first-order chi connectivity index (χ1) is 9.00. The van der Waals surface area contributed by atoms with Crippen LogP contribution in [0.1, 0.15) is 39.2 Å². The van der Waals surface area contributed by atoms with Gasteiger partial charge in [0, 0.05) is 22.7 Å². The Hall–Kier alpha value is -0.280. The highest BCUT2D eigenvalue weighted by atomic mass is 35.5. The summed E-state index contributed by atoms with van der Waals surface area (Å²) in [7, 11) is 0. The van der Waals surface area contributed by atoms with Crippen molar-refractivity contribution in [3.8, 4) is 0 Å². The van der Waals surface area contributed by atoms with Crippen LogP contribution in [0.5, 0.6) is 0 Å². The van der Waals surface area contributed by atoms with Crippen molar-refractivity contribution in [1.29, 1.82) is 0 Å². The molecular weight excluding hydrogens is 281 g/mol. The normalized spacial score (nSPS) is 13.6. The highest BCUT2D eigenvalue weighted by Crippen LogP contribution is 2.31. The monoisotopic (exact) mass is 303 g/mol. The Labute approximate surface area is 126 Å². The van der Waals surface area contributed by atoms with Crippen LogP contribution in [0.25, 0.3) is 0 Å². The molecule has 0 saturated carbocycles. The number of halogens is 2. The molecule has 0 radical (unpaired) electrons. The van der Waals surface area contributed by atoms with Crippen LogP contribution in [0, 0.1) is 0 Å². The summed E-state index contributed by atoms with van der Waals surface area (Å²) in [6.07, 6.45) is 2.38. The van der Waals surface area contributed by atoms with Crippen LogP contribution in [0.4, 0.5) is 0 Å². The summed E-state index contributed by atoms with van der Waals surface area (Å²) in [6.45, 7) is 6.86. The third-order valence-electron chi connectivity index (χ3n) is 3.79. The van der Waals surface area contributed by atoms with E-state index in [1.807, 2.05) is 25.1 Å². The van der Waals surface area contributed by atoms with Crippen LogP contribution in [-0.2, 0) is 11.2 Å². The Bertz CT molecular complexity index is 385. The average molecular weight is 304 g/mol. The zero-order chi connectivity index (χ0) is 14.5. The Kier molecular flexibility index (Phi) is 6.61. The van der Waals surface area contributed by atoms with Crippen LogP contribution in [-0.4, -0.2) is 18.2 Å². The molecule has 0 fully saturated rings. The summed E-state index contributed by atoms with van der Waals surface area (Å²) < 4.78 is 5.93. The number of nitrogens with two attached hydrogens (primary N) is 1. The lowest BCUT2D eigenvalue weighted by Gasteiger charge is -2.37. The first-order valence-corrected chi connectivity index (χ1v) is 7.58. The van der Waals surface area contributed by atoms with Crippen molar-refractivity contribution in [2.24, 2.45) is 5.73 Å². The van der Waals surface area contributed by atoms with Crippen molar-refractivity contribution in [2.45, 2.75) is 51.7 Å². The lowest BCUT2D eigenvalue weighted by atomic mass is 9.85. The number of benzene rings is 1. The third-order valence-corrected chi connectivity index (χ3v) is 4.50. The van der Waals surface area contributed by atoms with E-state index >= 15 is 0 Å². The second-order valence-corrected chi connectivity index (χ2v) is 5.53. The van der Waals surface area contributed by atoms with Crippen molar-refractivity contribution in [2.75, 3.05) is 6.61 Å². The van der Waals surface area contributed by atoms with Gasteiger partial charge in [0.25, 0.3) is 0 Å². The fourth-order valence-electron chi connectivity index (χ4n) is 2.51. The van der Waals surface area contributed by atoms with E-state index < -0.39 is 0 Å². The minimum Gasteiger partial charge on any atom is -0.374 e. The maximum atomic E-state index is 6.39. The average Bonchev–Trinajstić information content (AvgIpc) is 2.40. The Morgan fingerprint density at radius 3 is 2.11 bits per heavy atom. The fraction of sp³-hybridized carbons (Fsp3) is 0.600. The molecule has 0 spiro atoms. The maximum absolute atomic E-state index is 6.39. The largest absolute Gasteiger partial charge is 0.374 e. The lowest BCUT2D eigenvalue weighted by Crippen LogP contribution is -2.50. The molecule has 0 aromatic heterocycles. The van der Waals surface area contributed by atoms with E-state index in [-0.39, 0.29) is 11.6 Å². The van der Waals surface area contributed by atoms with Gasteiger partial charge >= 0.3 is 0 Å². The molecule has 0 aliphatic rings. The van der Waals surface area contributed by atoms with Gasteiger partial charge in [-0.25, -0.2) is 0 Å². The van der Waals surface area contributed by atoms with Gasteiger partial charge in [-0.3, -0.25) is 0 Å². The molecule has 1 unspecified atom stereocenters. The van der Waals surface area contributed by atoms with Crippen molar-refractivity contribution in [1.82, 2.24) is 0 Å². The number of rotatable bonds is 7. The molecule has 0 bridgehead atoms. The van der Waals surface area contributed by atoms with Crippen molar-refractivity contribution >= 4 is 23.2 Å². The van der Waals surface area contributed by atoms with Gasteiger partial charge in [0.1, 0.15) is 0 Å². The molecule has 1 aromatic carbocycles. The lowest BCUT2D eigenvalue weighted by molar-refractivity contribution is -0.0633. The van der Waals surface area contributed by atoms with Gasteiger partial charge in [0.15, 0.2) is 0 Å². The summed E-state index contributed by atoms with van der Waals surface area (Å²) in [4.78, 5) is 0. The second kappa shape index (κ2) is 7.49. The van der Waals surface area contributed by atoms with Gasteiger partial charge in [-0.15, -0.1) is 0 Å². The summed E-state index contributed by atoms with van der Waals surface area (Å²) in [5.41, 5.74) is 6.99. The van der Waals surface area contributed by atoms with Gasteiger partial charge in [-0.2, -0.15) is 0 Å². The minimum absolute atomic E-state index is 0.125.